The van der Waals surface area contributed by atoms with Crippen LogP contribution in [0.3, 0.4) is 0 Å². The number of hydrogen-bond donors (Lipinski definition) is 0. The molecule has 0 fully saturated rings. The summed E-state index contributed by atoms with van der Waals surface area (Å²) < 4.78 is 22.5. The fourth-order valence-electron chi connectivity index (χ4n) is 1.25. The first-order valence-corrected chi connectivity index (χ1v) is 6.70. The Balaban J connectivity index is 2.39. The standard InChI is InChI=1S/C10H10N4O2S/c1-7-11-13-10(14-12-7)8-3-5-9(6-4-8)17(2,15)16/h3-6H,1-2H3. The Hall–Kier alpha value is -1.89. The number of rotatable bonds is 2. The number of benzene rings is 1. The number of sulfone groups is 1. The van der Waals surface area contributed by atoms with Crippen LogP contribution in [-0.4, -0.2) is 35.1 Å². The molecule has 1 heterocycles. The van der Waals surface area contributed by atoms with E-state index >= 15 is 0 Å². The summed E-state index contributed by atoms with van der Waals surface area (Å²) in [5, 5.41) is 15.3. The molecule has 1 aromatic carbocycles. The molecule has 0 aliphatic carbocycles. The molecule has 0 radical (unpaired) electrons. The van der Waals surface area contributed by atoms with E-state index < -0.39 is 9.84 Å². The quantitative estimate of drug-likeness (QED) is 0.777. The summed E-state index contributed by atoms with van der Waals surface area (Å²) in [6.07, 6.45) is 1.16. The van der Waals surface area contributed by atoms with Gasteiger partial charge in [-0.1, -0.05) is 0 Å². The molecule has 0 saturated carbocycles. The van der Waals surface area contributed by atoms with Crippen LogP contribution in [0.15, 0.2) is 29.2 Å². The number of nitrogens with zero attached hydrogens (tertiary/aromatic N) is 4. The molecule has 0 bridgehead atoms. The normalized spacial score (nSPS) is 11.4. The van der Waals surface area contributed by atoms with Gasteiger partial charge in [0.25, 0.3) is 0 Å². The number of aromatic nitrogens is 4. The third kappa shape index (κ3) is 2.62. The molecule has 0 amide bonds. The van der Waals surface area contributed by atoms with E-state index in [0.29, 0.717) is 17.2 Å². The molecule has 0 aliphatic rings. The summed E-state index contributed by atoms with van der Waals surface area (Å²) in [5.74, 6) is 0.858. The maximum absolute atomic E-state index is 11.3. The van der Waals surface area contributed by atoms with Crippen LogP contribution in [0, 0.1) is 6.92 Å². The largest absolute Gasteiger partial charge is 0.224 e. The van der Waals surface area contributed by atoms with Crippen LogP contribution >= 0.6 is 0 Å². The fraction of sp³-hybridized carbons (Fsp3) is 0.200. The van der Waals surface area contributed by atoms with Crippen molar-refractivity contribution in [2.75, 3.05) is 6.26 Å². The Morgan fingerprint density at radius 3 is 1.94 bits per heavy atom. The third-order valence-electron chi connectivity index (χ3n) is 2.12. The Kier molecular flexibility index (Phi) is 2.84. The lowest BCUT2D eigenvalue weighted by molar-refractivity contribution is 0.602. The van der Waals surface area contributed by atoms with E-state index in [1.807, 2.05) is 0 Å². The minimum atomic E-state index is -3.18. The molecule has 7 heteroatoms. The van der Waals surface area contributed by atoms with Crippen LogP contribution in [0.4, 0.5) is 0 Å². The third-order valence-corrected chi connectivity index (χ3v) is 3.25. The highest BCUT2D eigenvalue weighted by Crippen LogP contribution is 2.16. The van der Waals surface area contributed by atoms with Gasteiger partial charge in [0.2, 0.25) is 5.82 Å². The fourth-order valence-corrected chi connectivity index (χ4v) is 1.88. The van der Waals surface area contributed by atoms with Gasteiger partial charge in [-0.05, 0) is 31.2 Å². The van der Waals surface area contributed by atoms with E-state index in [-0.39, 0.29) is 4.90 Å². The van der Waals surface area contributed by atoms with E-state index in [2.05, 4.69) is 20.4 Å². The predicted octanol–water partition coefficient (Wildman–Crippen LogP) is 0.646. The smallest absolute Gasteiger partial charge is 0.203 e. The van der Waals surface area contributed by atoms with Gasteiger partial charge in [-0.3, -0.25) is 0 Å². The lowest BCUT2D eigenvalue weighted by Crippen LogP contribution is -2.00. The van der Waals surface area contributed by atoms with Crippen LogP contribution in [0.25, 0.3) is 11.4 Å². The van der Waals surface area contributed by atoms with Crippen LogP contribution in [-0.2, 0) is 9.84 Å². The van der Waals surface area contributed by atoms with Crippen molar-refractivity contribution in [3.8, 4) is 11.4 Å². The molecule has 0 aliphatic heterocycles. The van der Waals surface area contributed by atoms with Crippen molar-refractivity contribution >= 4 is 9.84 Å². The predicted molar refractivity (Wildman–Crippen MR) is 60.9 cm³/mol. The molecular formula is C10H10N4O2S. The van der Waals surface area contributed by atoms with Crippen molar-refractivity contribution in [1.82, 2.24) is 20.4 Å². The lowest BCUT2D eigenvalue weighted by atomic mass is 10.2. The van der Waals surface area contributed by atoms with E-state index in [0.717, 1.165) is 6.26 Å². The molecular weight excluding hydrogens is 240 g/mol. The van der Waals surface area contributed by atoms with Crippen molar-refractivity contribution in [2.24, 2.45) is 0 Å². The summed E-state index contributed by atoms with van der Waals surface area (Å²) >= 11 is 0. The van der Waals surface area contributed by atoms with Gasteiger partial charge in [-0.25, -0.2) is 8.42 Å². The van der Waals surface area contributed by atoms with E-state index in [4.69, 9.17) is 0 Å². The first-order chi connectivity index (χ1) is 7.97. The maximum atomic E-state index is 11.3. The van der Waals surface area contributed by atoms with Gasteiger partial charge in [0.05, 0.1) is 4.90 Å². The highest BCUT2D eigenvalue weighted by atomic mass is 32.2. The van der Waals surface area contributed by atoms with Crippen molar-refractivity contribution in [2.45, 2.75) is 11.8 Å². The van der Waals surface area contributed by atoms with Gasteiger partial charge in [-0.2, -0.15) is 0 Å². The van der Waals surface area contributed by atoms with E-state index in [1.54, 1.807) is 19.1 Å². The topological polar surface area (TPSA) is 85.7 Å². The van der Waals surface area contributed by atoms with E-state index in [9.17, 15) is 8.42 Å². The van der Waals surface area contributed by atoms with Crippen molar-refractivity contribution in [1.29, 1.82) is 0 Å². The van der Waals surface area contributed by atoms with Gasteiger partial charge >= 0.3 is 0 Å². The average molecular weight is 250 g/mol. The number of hydrogen-bond acceptors (Lipinski definition) is 6. The van der Waals surface area contributed by atoms with Gasteiger partial charge in [0.1, 0.15) is 0 Å². The Labute approximate surface area is 98.7 Å². The van der Waals surface area contributed by atoms with Crippen LogP contribution in [0.5, 0.6) is 0 Å². The summed E-state index contributed by atoms with van der Waals surface area (Å²) in [7, 11) is -3.18. The zero-order valence-corrected chi connectivity index (χ0v) is 10.1. The molecule has 2 rings (SSSR count). The van der Waals surface area contributed by atoms with Crippen molar-refractivity contribution < 1.29 is 8.42 Å². The highest BCUT2D eigenvalue weighted by molar-refractivity contribution is 7.90. The molecule has 17 heavy (non-hydrogen) atoms. The molecule has 1 aromatic heterocycles. The van der Waals surface area contributed by atoms with Crippen LogP contribution in [0.2, 0.25) is 0 Å². The van der Waals surface area contributed by atoms with Gasteiger partial charge in [0, 0.05) is 11.8 Å². The zero-order valence-electron chi connectivity index (χ0n) is 9.32. The molecule has 0 spiro atoms. The monoisotopic (exact) mass is 250 g/mol. The second-order valence-electron chi connectivity index (χ2n) is 3.57. The van der Waals surface area contributed by atoms with Gasteiger partial charge < -0.3 is 0 Å². The average Bonchev–Trinajstić information content (AvgIpc) is 2.29. The first kappa shape index (κ1) is 11.6. The zero-order chi connectivity index (χ0) is 12.5. The molecule has 2 aromatic rings. The van der Waals surface area contributed by atoms with E-state index in [1.165, 1.54) is 12.1 Å². The Bertz CT molecular complexity index is 620. The minimum absolute atomic E-state index is 0.259. The van der Waals surface area contributed by atoms with Crippen molar-refractivity contribution in [3.05, 3.63) is 30.1 Å². The Morgan fingerprint density at radius 1 is 0.941 bits per heavy atom. The maximum Gasteiger partial charge on any atom is 0.203 e. The molecule has 6 nitrogen and oxygen atoms in total. The van der Waals surface area contributed by atoms with Crippen molar-refractivity contribution in [3.63, 3.8) is 0 Å². The minimum Gasteiger partial charge on any atom is -0.224 e. The second-order valence-corrected chi connectivity index (χ2v) is 5.58. The molecule has 0 N–H and O–H groups in total. The van der Waals surface area contributed by atoms with Crippen LogP contribution < -0.4 is 0 Å². The SMILES string of the molecule is Cc1nnc(-c2ccc(S(C)(=O)=O)cc2)nn1. The summed E-state index contributed by atoms with van der Waals surface area (Å²) in [4.78, 5) is 0.259. The summed E-state index contributed by atoms with van der Waals surface area (Å²) in [5.41, 5.74) is 0.678. The molecule has 0 saturated heterocycles. The second kappa shape index (κ2) is 4.17. The molecule has 0 atom stereocenters. The van der Waals surface area contributed by atoms with Crippen LogP contribution in [0.1, 0.15) is 5.82 Å². The highest BCUT2D eigenvalue weighted by Gasteiger charge is 2.08. The summed E-state index contributed by atoms with van der Waals surface area (Å²) in [6.45, 7) is 1.69. The van der Waals surface area contributed by atoms with Gasteiger partial charge in [-0.15, -0.1) is 20.4 Å². The molecule has 88 valence electrons. The molecule has 0 unspecified atom stereocenters. The number of aryl methyl sites for hydroxylation is 1. The van der Waals surface area contributed by atoms with Gasteiger partial charge in [0.15, 0.2) is 15.7 Å². The lowest BCUT2D eigenvalue weighted by Gasteiger charge is -2.00. The Morgan fingerprint density at radius 2 is 1.47 bits per heavy atom. The first-order valence-electron chi connectivity index (χ1n) is 4.81. The summed E-state index contributed by atoms with van der Waals surface area (Å²) in [6, 6.07) is 6.27.